The van der Waals surface area contributed by atoms with Crippen LogP contribution in [0.2, 0.25) is 0 Å². The second-order valence-electron chi connectivity index (χ2n) is 11.4. The van der Waals surface area contributed by atoms with Gasteiger partial charge in [-0.05, 0) is 103 Å². The van der Waals surface area contributed by atoms with Crippen LogP contribution in [-0.2, 0) is 0 Å². The summed E-state index contributed by atoms with van der Waals surface area (Å²) in [7, 11) is 0. The second kappa shape index (κ2) is 12.1. The SMILES string of the molecule is C[C@@H](O)CN1CCC(Oc2ccc(-c3n[nH]c4ccc(C(=O)NC(c5ccsc5)C5CCCC5)cc34)cc2)CC1. The summed E-state index contributed by atoms with van der Waals surface area (Å²) in [5.74, 6) is 1.30. The quantitative estimate of drug-likeness (QED) is 0.228. The number of hydrogen-bond donors (Lipinski definition) is 3. The molecule has 1 saturated carbocycles. The Balaban J connectivity index is 1.15. The number of piperidine rings is 1. The largest absolute Gasteiger partial charge is 0.490 e. The Morgan fingerprint density at radius 3 is 2.60 bits per heavy atom. The lowest BCUT2D eigenvalue weighted by Gasteiger charge is -2.32. The number of nitrogens with zero attached hydrogens (tertiary/aromatic N) is 2. The summed E-state index contributed by atoms with van der Waals surface area (Å²) in [4.78, 5) is 15.8. The lowest BCUT2D eigenvalue weighted by Crippen LogP contribution is -2.41. The molecule has 1 aliphatic carbocycles. The van der Waals surface area contributed by atoms with Crippen LogP contribution in [0.5, 0.6) is 5.75 Å². The number of thiophene rings is 1. The molecule has 2 atom stereocenters. The first kappa shape index (κ1) is 27.0. The van der Waals surface area contributed by atoms with Gasteiger partial charge in [0.05, 0.1) is 23.4 Å². The fourth-order valence-corrected chi connectivity index (χ4v) is 6.98. The average Bonchev–Trinajstić information content (AvgIpc) is 3.75. The molecule has 0 radical (unpaired) electrons. The van der Waals surface area contributed by atoms with Crippen molar-refractivity contribution in [2.75, 3.05) is 19.6 Å². The number of rotatable bonds is 9. The van der Waals surface area contributed by atoms with Gasteiger partial charge >= 0.3 is 0 Å². The summed E-state index contributed by atoms with van der Waals surface area (Å²) >= 11 is 1.68. The van der Waals surface area contributed by atoms with Crippen molar-refractivity contribution in [2.24, 2.45) is 5.92 Å². The van der Waals surface area contributed by atoms with Gasteiger partial charge in [-0.25, -0.2) is 0 Å². The number of aromatic nitrogens is 2. The number of amides is 1. The van der Waals surface area contributed by atoms with E-state index in [1.807, 2.05) is 49.4 Å². The highest BCUT2D eigenvalue weighted by atomic mass is 32.1. The maximum atomic E-state index is 13.5. The molecule has 2 aliphatic rings. The van der Waals surface area contributed by atoms with Crippen molar-refractivity contribution in [3.05, 3.63) is 70.4 Å². The number of carbonyl (C=O) groups excluding carboxylic acids is 1. The van der Waals surface area contributed by atoms with Crippen molar-refractivity contribution in [2.45, 2.75) is 63.7 Å². The third-order valence-corrected chi connectivity index (χ3v) is 9.07. The van der Waals surface area contributed by atoms with Gasteiger partial charge in [-0.1, -0.05) is 12.8 Å². The third-order valence-electron chi connectivity index (χ3n) is 8.37. The monoisotopic (exact) mass is 558 g/mol. The van der Waals surface area contributed by atoms with E-state index in [0.29, 0.717) is 11.5 Å². The lowest BCUT2D eigenvalue weighted by atomic mass is 9.93. The first-order chi connectivity index (χ1) is 19.5. The van der Waals surface area contributed by atoms with Crippen LogP contribution in [0.25, 0.3) is 22.2 Å². The molecule has 3 heterocycles. The molecule has 1 unspecified atom stereocenters. The van der Waals surface area contributed by atoms with Gasteiger partial charge in [0.2, 0.25) is 0 Å². The molecule has 8 heteroatoms. The molecule has 40 heavy (non-hydrogen) atoms. The number of benzene rings is 2. The standard InChI is InChI=1S/C32H38N4O3S/c1-21(37)19-36-15-12-27(13-16-36)39-26-9-6-23(7-10-26)31-28-18-24(8-11-29(28)34-35-31)32(38)33-30(22-4-2-3-5-22)25-14-17-40-20-25/h6-11,14,17-18,20-22,27,30,37H,2-5,12-13,15-16,19H2,1H3,(H,33,38)(H,34,35)/t21-,30?/m1/s1. The molecule has 1 aliphatic heterocycles. The van der Waals surface area contributed by atoms with Crippen molar-refractivity contribution in [1.29, 1.82) is 0 Å². The van der Waals surface area contributed by atoms with E-state index in [1.165, 1.54) is 18.4 Å². The van der Waals surface area contributed by atoms with Crippen LogP contribution in [0.15, 0.2) is 59.3 Å². The third kappa shape index (κ3) is 6.09. The summed E-state index contributed by atoms with van der Waals surface area (Å²) in [6.07, 6.45) is 6.59. The number of carbonyl (C=O) groups is 1. The van der Waals surface area contributed by atoms with Gasteiger partial charge in [-0.3, -0.25) is 9.89 Å². The van der Waals surface area contributed by atoms with Crippen molar-refractivity contribution in [3.8, 4) is 17.0 Å². The van der Waals surface area contributed by atoms with Gasteiger partial charge in [0.15, 0.2) is 0 Å². The predicted octanol–water partition coefficient (Wildman–Crippen LogP) is 6.18. The van der Waals surface area contributed by atoms with Gasteiger partial charge in [0.1, 0.15) is 11.9 Å². The Labute approximate surface area is 239 Å². The van der Waals surface area contributed by atoms with Crippen LogP contribution in [0.3, 0.4) is 0 Å². The Bertz CT molecular complexity index is 1400. The first-order valence-electron chi connectivity index (χ1n) is 14.5. The maximum absolute atomic E-state index is 13.5. The van der Waals surface area contributed by atoms with Crippen molar-refractivity contribution < 1.29 is 14.6 Å². The minimum absolute atomic E-state index is 0.0413. The van der Waals surface area contributed by atoms with E-state index >= 15 is 0 Å². The molecule has 2 fully saturated rings. The van der Waals surface area contributed by atoms with E-state index in [1.54, 1.807) is 11.3 Å². The van der Waals surface area contributed by atoms with E-state index in [9.17, 15) is 9.90 Å². The minimum atomic E-state index is -0.298. The molecule has 2 aromatic heterocycles. The first-order valence-corrected chi connectivity index (χ1v) is 15.5. The highest BCUT2D eigenvalue weighted by molar-refractivity contribution is 7.08. The van der Waals surface area contributed by atoms with Crippen LogP contribution < -0.4 is 10.1 Å². The zero-order valence-corrected chi connectivity index (χ0v) is 23.8. The molecule has 6 rings (SSSR count). The zero-order chi connectivity index (χ0) is 27.5. The number of hydrogen-bond acceptors (Lipinski definition) is 6. The van der Waals surface area contributed by atoms with Gasteiger partial charge in [0.25, 0.3) is 5.91 Å². The Morgan fingerprint density at radius 1 is 1.12 bits per heavy atom. The Kier molecular flexibility index (Phi) is 8.18. The molecule has 7 nitrogen and oxygen atoms in total. The summed E-state index contributed by atoms with van der Waals surface area (Å²) in [5, 5.41) is 25.9. The fraction of sp³-hybridized carbons (Fsp3) is 0.438. The van der Waals surface area contributed by atoms with E-state index in [-0.39, 0.29) is 24.2 Å². The van der Waals surface area contributed by atoms with Crippen LogP contribution in [0.4, 0.5) is 0 Å². The zero-order valence-electron chi connectivity index (χ0n) is 23.0. The summed E-state index contributed by atoms with van der Waals surface area (Å²) in [6.45, 7) is 4.44. The second-order valence-corrected chi connectivity index (χ2v) is 12.2. The Morgan fingerprint density at radius 2 is 1.90 bits per heavy atom. The number of likely N-dealkylation sites (tertiary alicyclic amines) is 1. The highest BCUT2D eigenvalue weighted by Crippen LogP contribution is 2.37. The summed E-state index contributed by atoms with van der Waals surface area (Å²) in [5.41, 5.74) is 4.57. The van der Waals surface area contributed by atoms with Gasteiger partial charge in [0, 0.05) is 36.1 Å². The molecule has 4 aromatic rings. The normalized spacial score (nSPS) is 18.6. The van der Waals surface area contributed by atoms with Crippen molar-refractivity contribution in [1.82, 2.24) is 20.4 Å². The number of ether oxygens (including phenoxy) is 1. The molecular formula is C32H38N4O3S. The molecule has 1 amide bonds. The van der Waals surface area contributed by atoms with E-state index < -0.39 is 0 Å². The van der Waals surface area contributed by atoms with Crippen molar-refractivity contribution in [3.63, 3.8) is 0 Å². The molecule has 3 N–H and O–H groups in total. The molecular weight excluding hydrogens is 520 g/mol. The number of aliphatic hydroxyl groups excluding tert-OH is 1. The number of β-amino-alcohol motifs (C(OH)–C–C–N with tert-alkyl or cyclic N) is 1. The number of nitrogens with one attached hydrogen (secondary N) is 2. The number of aliphatic hydroxyl groups is 1. The average molecular weight is 559 g/mol. The fourth-order valence-electron chi connectivity index (χ4n) is 6.28. The van der Waals surface area contributed by atoms with Gasteiger partial charge < -0.3 is 20.1 Å². The Hall–Kier alpha value is -3.20. The number of fused-ring (bicyclic) bond motifs is 1. The number of H-pyrrole nitrogens is 1. The van der Waals surface area contributed by atoms with Crippen LogP contribution >= 0.6 is 11.3 Å². The minimum Gasteiger partial charge on any atom is -0.490 e. The maximum Gasteiger partial charge on any atom is 0.251 e. The highest BCUT2D eigenvalue weighted by Gasteiger charge is 2.28. The summed E-state index contributed by atoms with van der Waals surface area (Å²) < 4.78 is 6.26. The van der Waals surface area contributed by atoms with Crippen LogP contribution in [-0.4, -0.2) is 58.0 Å². The smallest absolute Gasteiger partial charge is 0.251 e. The predicted molar refractivity (Wildman–Crippen MR) is 160 cm³/mol. The van der Waals surface area contributed by atoms with Gasteiger partial charge in [-0.2, -0.15) is 16.4 Å². The van der Waals surface area contributed by atoms with E-state index in [4.69, 9.17) is 4.74 Å². The molecule has 0 bridgehead atoms. The van der Waals surface area contributed by atoms with E-state index in [0.717, 1.165) is 73.2 Å². The molecule has 1 saturated heterocycles. The molecule has 210 valence electrons. The lowest BCUT2D eigenvalue weighted by molar-refractivity contribution is 0.0673. The van der Waals surface area contributed by atoms with Gasteiger partial charge in [-0.15, -0.1) is 0 Å². The van der Waals surface area contributed by atoms with Crippen LogP contribution in [0, 0.1) is 5.92 Å². The summed E-state index contributed by atoms with van der Waals surface area (Å²) in [6, 6.07) is 16.0. The topological polar surface area (TPSA) is 90.5 Å². The molecule has 2 aromatic carbocycles. The molecule has 0 spiro atoms. The van der Waals surface area contributed by atoms with Crippen LogP contribution in [0.1, 0.15) is 67.4 Å². The van der Waals surface area contributed by atoms with E-state index in [2.05, 4.69) is 37.2 Å². The number of aromatic amines is 1. The van der Waals surface area contributed by atoms with Crippen molar-refractivity contribution >= 4 is 28.1 Å².